The molecule has 1 fully saturated rings. The van der Waals surface area contributed by atoms with E-state index in [-0.39, 0.29) is 18.4 Å². The van der Waals surface area contributed by atoms with Crippen LogP contribution in [0.1, 0.15) is 13.3 Å². The summed E-state index contributed by atoms with van der Waals surface area (Å²) >= 11 is 0. The van der Waals surface area contributed by atoms with Crippen molar-refractivity contribution in [3.63, 3.8) is 0 Å². The fourth-order valence-corrected chi connectivity index (χ4v) is 2.05. The first kappa shape index (κ1) is 14.9. The van der Waals surface area contributed by atoms with Gasteiger partial charge < -0.3 is 15.0 Å². The van der Waals surface area contributed by atoms with E-state index in [1.54, 1.807) is 0 Å². The molecule has 1 saturated heterocycles. The second-order valence-electron chi connectivity index (χ2n) is 4.49. The average Bonchev–Trinajstić information content (AvgIpc) is 2.54. The third-order valence-corrected chi connectivity index (χ3v) is 3.01. The van der Waals surface area contributed by atoms with Crippen molar-refractivity contribution in [1.82, 2.24) is 15.1 Å². The molecule has 0 aliphatic carbocycles. The van der Waals surface area contributed by atoms with E-state index in [4.69, 9.17) is 4.74 Å². The van der Waals surface area contributed by atoms with Crippen molar-refractivity contribution in [3.8, 4) is 0 Å². The van der Waals surface area contributed by atoms with Gasteiger partial charge in [0.25, 0.3) is 0 Å². The molecule has 18 heavy (non-hydrogen) atoms. The Labute approximate surface area is 108 Å². The summed E-state index contributed by atoms with van der Waals surface area (Å²) in [6.45, 7) is 6.54. The minimum atomic E-state index is 0.00159. The summed E-state index contributed by atoms with van der Waals surface area (Å²) in [4.78, 5) is 26.6. The van der Waals surface area contributed by atoms with Crippen LogP contribution in [0.3, 0.4) is 0 Å². The lowest BCUT2D eigenvalue weighted by molar-refractivity contribution is -0.135. The Kier molecular flexibility index (Phi) is 6.67. The molecule has 1 heterocycles. The van der Waals surface area contributed by atoms with Crippen LogP contribution in [0.25, 0.3) is 0 Å². The molecule has 0 bridgehead atoms. The Balaban J connectivity index is 2.27. The Morgan fingerprint density at radius 3 is 2.67 bits per heavy atom. The number of hydrogen-bond donors (Lipinski definition) is 1. The third-order valence-electron chi connectivity index (χ3n) is 3.01. The first-order valence-electron chi connectivity index (χ1n) is 6.37. The number of hydrogen-bond acceptors (Lipinski definition) is 4. The summed E-state index contributed by atoms with van der Waals surface area (Å²) in [7, 11) is 1.54. The molecule has 0 spiro atoms. The number of nitrogens with zero attached hydrogens (tertiary/aromatic N) is 2. The lowest BCUT2D eigenvalue weighted by atomic mass is 10.3. The second-order valence-corrected chi connectivity index (χ2v) is 4.49. The first-order valence-corrected chi connectivity index (χ1v) is 6.37. The average molecular weight is 257 g/mol. The summed E-state index contributed by atoms with van der Waals surface area (Å²) in [5.74, 6) is 0.0583. The van der Waals surface area contributed by atoms with Crippen LogP contribution < -0.4 is 5.32 Å². The first-order chi connectivity index (χ1) is 8.63. The zero-order valence-electron chi connectivity index (χ0n) is 11.3. The van der Waals surface area contributed by atoms with Gasteiger partial charge in [-0.25, -0.2) is 0 Å². The Morgan fingerprint density at radius 1 is 1.22 bits per heavy atom. The van der Waals surface area contributed by atoms with E-state index in [1.165, 1.54) is 14.0 Å². The van der Waals surface area contributed by atoms with Crippen LogP contribution in [0.2, 0.25) is 0 Å². The number of carbonyl (C=O) groups is 2. The summed E-state index contributed by atoms with van der Waals surface area (Å²) in [5, 5.41) is 2.79. The number of ether oxygens (including phenoxy) is 1. The molecule has 6 nitrogen and oxygen atoms in total. The van der Waals surface area contributed by atoms with Gasteiger partial charge >= 0.3 is 0 Å². The number of carbonyl (C=O) groups excluding carboxylic acids is 2. The van der Waals surface area contributed by atoms with Gasteiger partial charge in [0.15, 0.2) is 0 Å². The van der Waals surface area contributed by atoms with Gasteiger partial charge in [0.05, 0.1) is 0 Å². The molecule has 1 aliphatic rings. The molecule has 0 radical (unpaired) electrons. The molecule has 1 aliphatic heterocycles. The molecular formula is C12H23N3O3. The molecule has 0 aromatic carbocycles. The normalized spacial score (nSPS) is 17.3. The number of rotatable bonds is 5. The van der Waals surface area contributed by atoms with Gasteiger partial charge in [0.2, 0.25) is 11.8 Å². The molecule has 104 valence electrons. The van der Waals surface area contributed by atoms with Crippen LogP contribution >= 0.6 is 0 Å². The van der Waals surface area contributed by atoms with Crippen molar-refractivity contribution in [3.05, 3.63) is 0 Å². The maximum Gasteiger partial charge on any atom is 0.248 e. The molecule has 0 atom stereocenters. The largest absolute Gasteiger partial charge is 0.375 e. The lowest BCUT2D eigenvalue weighted by Gasteiger charge is -2.21. The fourth-order valence-electron chi connectivity index (χ4n) is 2.05. The maximum atomic E-state index is 11.7. The molecular weight excluding hydrogens is 234 g/mol. The van der Waals surface area contributed by atoms with Gasteiger partial charge in [0, 0.05) is 46.8 Å². The number of methoxy groups -OCH3 is 1. The van der Waals surface area contributed by atoms with Gasteiger partial charge in [-0.2, -0.15) is 0 Å². The van der Waals surface area contributed by atoms with Crippen molar-refractivity contribution in [2.45, 2.75) is 13.3 Å². The van der Waals surface area contributed by atoms with E-state index in [0.29, 0.717) is 6.54 Å². The second kappa shape index (κ2) is 8.05. The van der Waals surface area contributed by atoms with Crippen LogP contribution in [0, 0.1) is 0 Å². The van der Waals surface area contributed by atoms with Crippen molar-refractivity contribution in [1.29, 1.82) is 0 Å². The molecule has 0 unspecified atom stereocenters. The van der Waals surface area contributed by atoms with Gasteiger partial charge in [-0.15, -0.1) is 0 Å². The third kappa shape index (κ3) is 5.46. The standard InChI is InChI=1S/C12H23N3O3/c1-11(16)13-4-7-14-5-3-6-15(9-8-14)12(17)10-18-2/h3-10H2,1-2H3,(H,13,16). The zero-order chi connectivity index (χ0) is 13.4. The highest BCUT2D eigenvalue weighted by molar-refractivity contribution is 5.77. The summed E-state index contributed by atoms with van der Waals surface area (Å²) in [6.07, 6.45) is 0.968. The van der Waals surface area contributed by atoms with Crippen LogP contribution in [0.15, 0.2) is 0 Å². The predicted octanol–water partition coefficient (Wildman–Crippen LogP) is -0.697. The minimum Gasteiger partial charge on any atom is -0.375 e. The maximum absolute atomic E-state index is 11.7. The zero-order valence-corrected chi connectivity index (χ0v) is 11.3. The highest BCUT2D eigenvalue weighted by Crippen LogP contribution is 2.03. The van der Waals surface area contributed by atoms with Gasteiger partial charge in [0.1, 0.15) is 6.61 Å². The van der Waals surface area contributed by atoms with Crippen LogP contribution in [-0.4, -0.2) is 74.6 Å². The smallest absolute Gasteiger partial charge is 0.248 e. The molecule has 0 saturated carbocycles. The molecule has 6 heteroatoms. The van der Waals surface area contributed by atoms with E-state index in [0.717, 1.165) is 39.1 Å². The van der Waals surface area contributed by atoms with Crippen molar-refractivity contribution in [2.24, 2.45) is 0 Å². The van der Waals surface area contributed by atoms with Gasteiger partial charge in [-0.3, -0.25) is 14.5 Å². The van der Waals surface area contributed by atoms with E-state index in [2.05, 4.69) is 10.2 Å². The van der Waals surface area contributed by atoms with Crippen molar-refractivity contribution >= 4 is 11.8 Å². The minimum absolute atomic E-state index is 0.00159. The van der Waals surface area contributed by atoms with Crippen LogP contribution in [0.4, 0.5) is 0 Å². The Bertz CT molecular complexity index is 284. The number of amides is 2. The number of nitrogens with one attached hydrogen (secondary N) is 1. The molecule has 0 aromatic rings. The predicted molar refractivity (Wildman–Crippen MR) is 68.2 cm³/mol. The SMILES string of the molecule is COCC(=O)N1CCCN(CCNC(C)=O)CC1. The van der Waals surface area contributed by atoms with E-state index in [1.807, 2.05) is 4.90 Å². The van der Waals surface area contributed by atoms with Crippen LogP contribution in [0.5, 0.6) is 0 Å². The Morgan fingerprint density at radius 2 is 2.00 bits per heavy atom. The summed E-state index contributed by atoms with van der Waals surface area (Å²) in [5.41, 5.74) is 0. The summed E-state index contributed by atoms with van der Waals surface area (Å²) in [6, 6.07) is 0. The van der Waals surface area contributed by atoms with Gasteiger partial charge in [-0.05, 0) is 13.0 Å². The topological polar surface area (TPSA) is 61.9 Å². The molecule has 0 aromatic heterocycles. The quantitative estimate of drug-likeness (QED) is 0.708. The van der Waals surface area contributed by atoms with Crippen molar-refractivity contribution in [2.75, 3.05) is 53.0 Å². The highest BCUT2D eigenvalue weighted by Gasteiger charge is 2.18. The van der Waals surface area contributed by atoms with Crippen molar-refractivity contribution < 1.29 is 14.3 Å². The highest BCUT2D eigenvalue weighted by atomic mass is 16.5. The fraction of sp³-hybridized carbons (Fsp3) is 0.833. The van der Waals surface area contributed by atoms with E-state index >= 15 is 0 Å². The van der Waals surface area contributed by atoms with E-state index in [9.17, 15) is 9.59 Å². The lowest BCUT2D eigenvalue weighted by Crippen LogP contribution is -2.39. The molecule has 1 rings (SSSR count). The summed E-state index contributed by atoms with van der Waals surface area (Å²) < 4.78 is 4.86. The Hall–Kier alpha value is -1.14. The monoisotopic (exact) mass is 257 g/mol. The van der Waals surface area contributed by atoms with Crippen LogP contribution in [-0.2, 0) is 14.3 Å². The molecule has 1 N–H and O–H groups in total. The molecule has 2 amide bonds. The van der Waals surface area contributed by atoms with Gasteiger partial charge in [-0.1, -0.05) is 0 Å². The van der Waals surface area contributed by atoms with E-state index < -0.39 is 0 Å².